The average molecular weight is 493 g/mol. The van der Waals surface area contributed by atoms with Gasteiger partial charge >= 0.3 is 0 Å². The van der Waals surface area contributed by atoms with Crippen molar-refractivity contribution >= 4 is 40.0 Å². The third kappa shape index (κ3) is 3.90. The first-order valence-electron chi connectivity index (χ1n) is 8.65. The van der Waals surface area contributed by atoms with E-state index in [2.05, 4.69) is 22.6 Å². The number of aliphatic hydroxyl groups is 1. The van der Waals surface area contributed by atoms with E-state index in [-0.39, 0.29) is 24.5 Å². The highest BCUT2D eigenvalue weighted by Gasteiger charge is 2.45. The summed E-state index contributed by atoms with van der Waals surface area (Å²) in [5.41, 5.74) is 1.23. The summed E-state index contributed by atoms with van der Waals surface area (Å²) in [6.07, 6.45) is 0. The molecule has 1 amide bonds. The van der Waals surface area contributed by atoms with E-state index in [9.17, 15) is 14.7 Å². The van der Waals surface area contributed by atoms with Crippen molar-refractivity contribution in [2.45, 2.75) is 6.04 Å². The predicted octanol–water partition coefficient (Wildman–Crippen LogP) is 3.37. The molecule has 1 saturated heterocycles. The number of carbonyl (C=O) groups is 2. The maximum absolute atomic E-state index is 12.8. The molecular weight excluding hydrogens is 473 g/mol. The number of Topliss-reactive ketones (excluding diaryl/α,β-unsaturated/α-hetero) is 1. The summed E-state index contributed by atoms with van der Waals surface area (Å²) in [6.45, 7) is 0.527. The summed E-state index contributed by atoms with van der Waals surface area (Å²) >= 11 is 2.19. The molecule has 0 bridgehead atoms. The lowest BCUT2D eigenvalue weighted by Gasteiger charge is -2.25. The maximum atomic E-state index is 12.8. The van der Waals surface area contributed by atoms with Gasteiger partial charge < -0.3 is 19.5 Å². The van der Waals surface area contributed by atoms with Crippen LogP contribution in [0.4, 0.5) is 0 Å². The van der Waals surface area contributed by atoms with Crippen LogP contribution >= 0.6 is 22.6 Å². The standard InChI is InChI=1S/C21H20INO5/c1-27-11-10-23-18(13-6-8-15(22)9-7-13)17(20(25)21(23)26)19(24)14-4-3-5-16(12-14)28-2/h3-9,12,18,24H,10-11H2,1-2H3. The first kappa shape index (κ1) is 20.3. The Hall–Kier alpha value is -2.39. The van der Waals surface area contributed by atoms with Crippen LogP contribution in [-0.4, -0.2) is 49.1 Å². The summed E-state index contributed by atoms with van der Waals surface area (Å²) in [7, 11) is 3.06. The van der Waals surface area contributed by atoms with Crippen LogP contribution in [0.3, 0.4) is 0 Å². The maximum Gasteiger partial charge on any atom is 0.295 e. The molecule has 3 rings (SSSR count). The number of benzene rings is 2. The fourth-order valence-electron chi connectivity index (χ4n) is 3.22. The Labute approximate surface area is 176 Å². The van der Waals surface area contributed by atoms with Crippen molar-refractivity contribution in [2.75, 3.05) is 27.4 Å². The van der Waals surface area contributed by atoms with Crippen LogP contribution in [-0.2, 0) is 14.3 Å². The zero-order valence-corrected chi connectivity index (χ0v) is 17.7. The number of amides is 1. The molecule has 1 unspecified atom stereocenters. The van der Waals surface area contributed by atoms with Gasteiger partial charge in [0.2, 0.25) is 0 Å². The molecule has 1 fully saturated rings. The lowest BCUT2D eigenvalue weighted by molar-refractivity contribution is -0.140. The third-order valence-electron chi connectivity index (χ3n) is 4.61. The first-order valence-corrected chi connectivity index (χ1v) is 9.73. The molecule has 1 aliphatic rings. The largest absolute Gasteiger partial charge is 0.507 e. The number of hydrogen-bond acceptors (Lipinski definition) is 5. The van der Waals surface area contributed by atoms with Crippen LogP contribution in [0.5, 0.6) is 5.75 Å². The molecule has 2 aromatic carbocycles. The number of ether oxygens (including phenoxy) is 2. The van der Waals surface area contributed by atoms with Crippen LogP contribution in [0.2, 0.25) is 0 Å². The molecule has 0 spiro atoms. The Morgan fingerprint density at radius 1 is 1.14 bits per heavy atom. The second-order valence-electron chi connectivity index (χ2n) is 6.27. The molecule has 1 atom stereocenters. The molecule has 146 valence electrons. The molecule has 1 aliphatic heterocycles. The van der Waals surface area contributed by atoms with E-state index in [1.165, 1.54) is 19.1 Å². The molecule has 2 aromatic rings. The smallest absolute Gasteiger partial charge is 0.295 e. The molecule has 28 heavy (non-hydrogen) atoms. The molecule has 0 aliphatic carbocycles. The third-order valence-corrected chi connectivity index (χ3v) is 5.32. The Morgan fingerprint density at radius 3 is 2.50 bits per heavy atom. The van der Waals surface area contributed by atoms with E-state index in [1.54, 1.807) is 24.3 Å². The van der Waals surface area contributed by atoms with Gasteiger partial charge in [-0.2, -0.15) is 0 Å². The minimum Gasteiger partial charge on any atom is -0.507 e. The van der Waals surface area contributed by atoms with Crippen molar-refractivity contribution in [3.63, 3.8) is 0 Å². The molecular formula is C21H20INO5. The zero-order chi connectivity index (χ0) is 20.3. The monoisotopic (exact) mass is 493 g/mol. The van der Waals surface area contributed by atoms with Crippen LogP contribution in [0, 0.1) is 3.57 Å². The molecule has 1 heterocycles. The van der Waals surface area contributed by atoms with E-state index in [4.69, 9.17) is 9.47 Å². The number of rotatable bonds is 6. The van der Waals surface area contributed by atoms with Crippen LogP contribution < -0.4 is 4.74 Å². The van der Waals surface area contributed by atoms with E-state index < -0.39 is 17.7 Å². The van der Waals surface area contributed by atoms with Crippen molar-refractivity contribution in [3.8, 4) is 5.75 Å². The first-order chi connectivity index (χ1) is 13.5. The normalized spacial score (nSPS) is 18.5. The van der Waals surface area contributed by atoms with Gasteiger partial charge in [0.1, 0.15) is 11.5 Å². The van der Waals surface area contributed by atoms with Crippen LogP contribution in [0.25, 0.3) is 5.76 Å². The number of nitrogens with zero attached hydrogens (tertiary/aromatic N) is 1. The fraction of sp³-hybridized carbons (Fsp3) is 0.238. The van der Waals surface area contributed by atoms with Crippen molar-refractivity contribution < 1.29 is 24.2 Å². The summed E-state index contributed by atoms with van der Waals surface area (Å²) < 4.78 is 11.3. The van der Waals surface area contributed by atoms with Gasteiger partial charge in [0.25, 0.3) is 11.7 Å². The van der Waals surface area contributed by atoms with Crippen molar-refractivity contribution in [1.29, 1.82) is 0 Å². The number of methoxy groups -OCH3 is 2. The number of ketones is 1. The van der Waals surface area contributed by atoms with E-state index in [0.717, 1.165) is 9.13 Å². The summed E-state index contributed by atoms with van der Waals surface area (Å²) in [4.78, 5) is 26.9. The van der Waals surface area contributed by atoms with Crippen LogP contribution in [0.15, 0.2) is 54.1 Å². The van der Waals surface area contributed by atoms with E-state index in [1.807, 2.05) is 24.3 Å². The molecule has 0 aromatic heterocycles. The Balaban J connectivity index is 2.15. The second kappa shape index (κ2) is 8.74. The predicted molar refractivity (Wildman–Crippen MR) is 113 cm³/mol. The topological polar surface area (TPSA) is 76.1 Å². The highest BCUT2D eigenvalue weighted by Crippen LogP contribution is 2.39. The van der Waals surface area contributed by atoms with Gasteiger partial charge in [-0.15, -0.1) is 0 Å². The average Bonchev–Trinajstić information content (AvgIpc) is 2.97. The number of hydrogen-bond donors (Lipinski definition) is 1. The van der Waals surface area contributed by atoms with E-state index in [0.29, 0.717) is 11.3 Å². The van der Waals surface area contributed by atoms with Gasteiger partial charge in [0.15, 0.2) is 0 Å². The van der Waals surface area contributed by atoms with Gasteiger partial charge in [-0.3, -0.25) is 9.59 Å². The molecule has 0 radical (unpaired) electrons. The van der Waals surface area contributed by atoms with Crippen molar-refractivity contribution in [3.05, 3.63) is 68.8 Å². The van der Waals surface area contributed by atoms with Crippen molar-refractivity contribution in [1.82, 2.24) is 4.90 Å². The lowest BCUT2D eigenvalue weighted by atomic mass is 9.95. The quantitative estimate of drug-likeness (QED) is 0.289. The van der Waals surface area contributed by atoms with Gasteiger partial charge in [-0.25, -0.2) is 0 Å². The Kier molecular flexibility index (Phi) is 6.35. The SMILES string of the molecule is COCCN1C(=O)C(=O)C(=C(O)c2cccc(OC)c2)C1c1ccc(I)cc1. The highest BCUT2D eigenvalue weighted by atomic mass is 127. The lowest BCUT2D eigenvalue weighted by Crippen LogP contribution is -2.32. The Bertz CT molecular complexity index is 923. The van der Waals surface area contributed by atoms with Gasteiger partial charge in [0, 0.05) is 22.8 Å². The molecule has 0 saturated carbocycles. The molecule has 1 N–H and O–H groups in total. The van der Waals surface area contributed by atoms with Crippen molar-refractivity contribution in [2.24, 2.45) is 0 Å². The summed E-state index contributed by atoms with van der Waals surface area (Å²) in [5, 5.41) is 10.9. The highest BCUT2D eigenvalue weighted by molar-refractivity contribution is 14.1. The molecule has 6 nitrogen and oxygen atoms in total. The number of likely N-dealkylation sites (tertiary alicyclic amines) is 1. The van der Waals surface area contributed by atoms with Crippen LogP contribution in [0.1, 0.15) is 17.2 Å². The molecule has 7 heteroatoms. The van der Waals surface area contributed by atoms with Gasteiger partial charge in [0.05, 0.1) is 25.3 Å². The number of carbonyl (C=O) groups excluding carboxylic acids is 2. The zero-order valence-electron chi connectivity index (χ0n) is 15.5. The second-order valence-corrected chi connectivity index (χ2v) is 7.51. The fourth-order valence-corrected chi connectivity index (χ4v) is 3.58. The Morgan fingerprint density at radius 2 is 1.86 bits per heavy atom. The number of aliphatic hydroxyl groups excluding tert-OH is 1. The van der Waals surface area contributed by atoms with Gasteiger partial charge in [-0.05, 0) is 52.4 Å². The summed E-state index contributed by atoms with van der Waals surface area (Å²) in [6, 6.07) is 13.6. The summed E-state index contributed by atoms with van der Waals surface area (Å²) in [5.74, 6) is -1.03. The minimum atomic E-state index is -0.708. The number of halogens is 1. The van der Waals surface area contributed by atoms with E-state index >= 15 is 0 Å². The minimum absolute atomic E-state index is 0.0653. The van der Waals surface area contributed by atoms with Gasteiger partial charge in [-0.1, -0.05) is 24.3 Å².